The molecule has 1 aliphatic heterocycles. The van der Waals surface area contributed by atoms with Crippen molar-refractivity contribution in [2.75, 3.05) is 18.1 Å². The van der Waals surface area contributed by atoms with E-state index in [-0.39, 0.29) is 29.9 Å². The fourth-order valence-electron chi connectivity index (χ4n) is 3.61. The zero-order chi connectivity index (χ0) is 21.7. The van der Waals surface area contributed by atoms with E-state index in [9.17, 15) is 9.59 Å². The van der Waals surface area contributed by atoms with Gasteiger partial charge in [-0.05, 0) is 48.4 Å². The molecule has 0 fully saturated rings. The molecule has 2 amide bonds. The van der Waals surface area contributed by atoms with Crippen LogP contribution in [0.2, 0.25) is 0 Å². The molecule has 160 valence electrons. The smallest absolute Gasteiger partial charge is 0.265 e. The predicted molar refractivity (Wildman–Crippen MR) is 120 cm³/mol. The van der Waals surface area contributed by atoms with Gasteiger partial charge in [-0.25, -0.2) is 0 Å². The summed E-state index contributed by atoms with van der Waals surface area (Å²) in [6.45, 7) is 9.07. The van der Waals surface area contributed by atoms with Crippen LogP contribution in [0.5, 0.6) is 5.75 Å². The fourth-order valence-corrected chi connectivity index (χ4v) is 3.61. The molecule has 1 aliphatic rings. The second-order valence-electron chi connectivity index (χ2n) is 8.56. The van der Waals surface area contributed by atoms with Crippen molar-refractivity contribution in [2.24, 2.45) is 0 Å². The van der Waals surface area contributed by atoms with Crippen molar-refractivity contribution in [2.45, 2.75) is 58.4 Å². The van der Waals surface area contributed by atoms with Crippen molar-refractivity contribution in [1.82, 2.24) is 5.32 Å². The number of hydrogen-bond donors (Lipinski definition) is 1. The second kappa shape index (κ2) is 9.33. The van der Waals surface area contributed by atoms with Crippen molar-refractivity contribution in [3.8, 4) is 5.75 Å². The lowest BCUT2D eigenvalue weighted by atomic mass is 9.82. The van der Waals surface area contributed by atoms with E-state index in [1.165, 1.54) is 5.56 Å². The maximum Gasteiger partial charge on any atom is 0.265 e. The first kappa shape index (κ1) is 21.9. The summed E-state index contributed by atoms with van der Waals surface area (Å²) in [5.74, 6) is 0.660. The topological polar surface area (TPSA) is 58.6 Å². The van der Waals surface area contributed by atoms with Gasteiger partial charge in [0.05, 0.1) is 11.7 Å². The number of fused-ring (bicyclic) bond motifs is 1. The van der Waals surface area contributed by atoms with E-state index in [1.807, 2.05) is 43.3 Å². The Morgan fingerprint density at radius 2 is 1.93 bits per heavy atom. The summed E-state index contributed by atoms with van der Waals surface area (Å²) in [6.07, 6.45) is 1.97. The molecular weight excluding hydrogens is 376 g/mol. The normalized spacial score (nSPS) is 14.7. The summed E-state index contributed by atoms with van der Waals surface area (Å²) < 4.78 is 5.63. The van der Waals surface area contributed by atoms with Crippen molar-refractivity contribution < 1.29 is 14.3 Å². The van der Waals surface area contributed by atoms with Gasteiger partial charge < -0.3 is 15.0 Å². The summed E-state index contributed by atoms with van der Waals surface area (Å²) in [4.78, 5) is 26.7. The van der Waals surface area contributed by atoms with Crippen LogP contribution in [-0.4, -0.2) is 25.0 Å². The molecule has 0 radical (unpaired) electrons. The number of ether oxygens (including phenoxy) is 1. The number of carbonyl (C=O) groups excluding carboxylic acids is 2. The summed E-state index contributed by atoms with van der Waals surface area (Å²) in [6, 6.07) is 16.0. The molecule has 1 heterocycles. The SMILES string of the molecule is CCC(C)(C)c1ccc2c(c1)N(CCCC(=O)N[C@@H](C)c1ccccc1)C(=O)CO2. The van der Waals surface area contributed by atoms with Gasteiger partial charge in [-0.3, -0.25) is 9.59 Å². The lowest BCUT2D eigenvalue weighted by Gasteiger charge is -2.32. The highest BCUT2D eigenvalue weighted by molar-refractivity contribution is 5.98. The van der Waals surface area contributed by atoms with Crippen LogP contribution in [0.3, 0.4) is 0 Å². The standard InChI is InChI=1S/C25H32N2O3/c1-5-25(3,4)20-13-14-22-21(16-20)27(24(29)17-30-22)15-9-12-23(28)26-18(2)19-10-7-6-8-11-19/h6-8,10-11,13-14,16,18H,5,9,12,15,17H2,1-4H3,(H,26,28)/t18-/m0/s1. The number of carbonyl (C=O) groups is 2. The number of nitrogens with zero attached hydrogens (tertiary/aromatic N) is 1. The van der Waals surface area contributed by atoms with Gasteiger partial charge in [0.2, 0.25) is 5.91 Å². The Kier molecular flexibility index (Phi) is 6.80. The van der Waals surface area contributed by atoms with E-state index in [2.05, 4.69) is 38.2 Å². The molecule has 0 unspecified atom stereocenters. The van der Waals surface area contributed by atoms with Crippen molar-refractivity contribution in [1.29, 1.82) is 0 Å². The molecule has 0 saturated carbocycles. The molecule has 2 aromatic carbocycles. The number of amides is 2. The molecule has 3 rings (SSSR count). The Labute approximate surface area is 179 Å². The zero-order valence-electron chi connectivity index (χ0n) is 18.4. The van der Waals surface area contributed by atoms with Gasteiger partial charge in [-0.1, -0.05) is 57.2 Å². The van der Waals surface area contributed by atoms with Crippen LogP contribution in [0, 0.1) is 0 Å². The Morgan fingerprint density at radius 3 is 2.63 bits per heavy atom. The van der Waals surface area contributed by atoms with Crippen LogP contribution in [0.15, 0.2) is 48.5 Å². The lowest BCUT2D eigenvalue weighted by molar-refractivity contribution is -0.123. The molecule has 1 N–H and O–H groups in total. The van der Waals surface area contributed by atoms with Crippen LogP contribution >= 0.6 is 0 Å². The number of anilines is 1. The van der Waals surface area contributed by atoms with Crippen LogP contribution in [0.25, 0.3) is 0 Å². The molecule has 5 heteroatoms. The summed E-state index contributed by atoms with van der Waals surface area (Å²) in [7, 11) is 0. The Bertz CT molecular complexity index is 893. The third-order valence-electron chi connectivity index (χ3n) is 6.03. The van der Waals surface area contributed by atoms with Crippen molar-refractivity contribution in [3.63, 3.8) is 0 Å². The van der Waals surface area contributed by atoms with Crippen LogP contribution in [-0.2, 0) is 15.0 Å². The van der Waals surface area contributed by atoms with Gasteiger partial charge in [0.25, 0.3) is 5.91 Å². The monoisotopic (exact) mass is 408 g/mol. The minimum Gasteiger partial charge on any atom is -0.482 e. The molecular formula is C25H32N2O3. The molecule has 1 atom stereocenters. The Hall–Kier alpha value is -2.82. The first-order valence-electron chi connectivity index (χ1n) is 10.7. The molecule has 0 spiro atoms. The maximum absolute atomic E-state index is 12.5. The van der Waals surface area contributed by atoms with Crippen molar-refractivity contribution >= 4 is 17.5 Å². The van der Waals surface area contributed by atoms with Gasteiger partial charge >= 0.3 is 0 Å². The summed E-state index contributed by atoms with van der Waals surface area (Å²) in [5, 5.41) is 3.03. The van der Waals surface area contributed by atoms with Gasteiger partial charge in [0, 0.05) is 13.0 Å². The largest absolute Gasteiger partial charge is 0.482 e. The van der Waals surface area contributed by atoms with E-state index < -0.39 is 0 Å². The molecule has 30 heavy (non-hydrogen) atoms. The molecule has 0 aliphatic carbocycles. The number of hydrogen-bond acceptors (Lipinski definition) is 3. The molecule has 2 aromatic rings. The highest BCUT2D eigenvalue weighted by Crippen LogP contribution is 2.37. The molecule has 0 aromatic heterocycles. The van der Waals surface area contributed by atoms with Gasteiger partial charge in [-0.2, -0.15) is 0 Å². The van der Waals surface area contributed by atoms with Crippen molar-refractivity contribution in [3.05, 3.63) is 59.7 Å². The van der Waals surface area contributed by atoms with E-state index in [1.54, 1.807) is 4.90 Å². The van der Waals surface area contributed by atoms with Crippen LogP contribution < -0.4 is 15.0 Å². The van der Waals surface area contributed by atoms with Gasteiger partial charge in [0.15, 0.2) is 6.61 Å². The van der Waals surface area contributed by atoms with Gasteiger partial charge in [0.1, 0.15) is 5.75 Å². The first-order chi connectivity index (χ1) is 14.3. The summed E-state index contributed by atoms with van der Waals surface area (Å²) >= 11 is 0. The quantitative estimate of drug-likeness (QED) is 0.685. The van der Waals surface area contributed by atoms with E-state index in [0.717, 1.165) is 23.4 Å². The number of benzene rings is 2. The molecule has 5 nitrogen and oxygen atoms in total. The minimum absolute atomic E-state index is 0.00634. The first-order valence-corrected chi connectivity index (χ1v) is 10.7. The Balaban J connectivity index is 1.62. The van der Waals surface area contributed by atoms with Crippen LogP contribution in [0.4, 0.5) is 5.69 Å². The highest BCUT2D eigenvalue weighted by atomic mass is 16.5. The maximum atomic E-state index is 12.5. The van der Waals surface area contributed by atoms with Crippen LogP contribution in [0.1, 0.15) is 64.1 Å². The van der Waals surface area contributed by atoms with Gasteiger partial charge in [-0.15, -0.1) is 0 Å². The van der Waals surface area contributed by atoms with E-state index >= 15 is 0 Å². The lowest BCUT2D eigenvalue weighted by Crippen LogP contribution is -2.40. The average Bonchev–Trinajstić information content (AvgIpc) is 2.75. The minimum atomic E-state index is -0.0629. The predicted octanol–water partition coefficient (Wildman–Crippen LogP) is 4.76. The number of rotatable bonds is 8. The molecule has 0 bridgehead atoms. The third kappa shape index (κ3) is 5.02. The zero-order valence-corrected chi connectivity index (χ0v) is 18.4. The Morgan fingerprint density at radius 1 is 1.20 bits per heavy atom. The molecule has 0 saturated heterocycles. The van der Waals surface area contributed by atoms with E-state index in [4.69, 9.17) is 4.74 Å². The highest BCUT2D eigenvalue weighted by Gasteiger charge is 2.28. The third-order valence-corrected chi connectivity index (χ3v) is 6.03. The fraction of sp³-hybridized carbons (Fsp3) is 0.440. The number of nitrogens with one attached hydrogen (secondary N) is 1. The summed E-state index contributed by atoms with van der Waals surface area (Å²) in [5.41, 5.74) is 3.09. The second-order valence-corrected chi connectivity index (χ2v) is 8.56. The average molecular weight is 409 g/mol. The van der Waals surface area contributed by atoms with E-state index in [0.29, 0.717) is 19.4 Å².